The van der Waals surface area contributed by atoms with Crippen molar-refractivity contribution in [2.75, 3.05) is 13.2 Å². The quantitative estimate of drug-likeness (QED) is 0.769. The number of nitrogens with zero attached hydrogens (tertiary/aromatic N) is 1. The van der Waals surface area contributed by atoms with Crippen molar-refractivity contribution in [1.82, 2.24) is 10.3 Å². The Balaban J connectivity index is 1.47. The maximum absolute atomic E-state index is 5.90. The average molecular weight is 264 g/mol. The Kier molecular flexibility index (Phi) is 4.18. The summed E-state index contributed by atoms with van der Waals surface area (Å²) in [6.45, 7) is 4.10. The molecule has 4 nitrogen and oxygen atoms in total. The van der Waals surface area contributed by atoms with Gasteiger partial charge in [0, 0.05) is 25.0 Å². The lowest BCUT2D eigenvalue weighted by atomic mass is 9.97. The molecule has 1 aromatic heterocycles. The van der Waals surface area contributed by atoms with E-state index in [1.165, 1.54) is 12.8 Å². The summed E-state index contributed by atoms with van der Waals surface area (Å²) in [5, 5.41) is 3.52. The Morgan fingerprint density at radius 1 is 1.37 bits per heavy atom. The fraction of sp³-hybridized carbons (Fsp3) is 0.800. The molecule has 2 fully saturated rings. The second-order valence-corrected chi connectivity index (χ2v) is 5.70. The summed E-state index contributed by atoms with van der Waals surface area (Å²) < 4.78 is 11.6. The molecule has 2 atom stereocenters. The van der Waals surface area contributed by atoms with Gasteiger partial charge in [-0.1, -0.05) is 6.92 Å². The van der Waals surface area contributed by atoms with Crippen LogP contribution in [0.2, 0.25) is 0 Å². The van der Waals surface area contributed by atoms with Crippen LogP contribution in [-0.2, 0) is 11.2 Å². The van der Waals surface area contributed by atoms with Crippen LogP contribution in [0.15, 0.2) is 10.6 Å². The first-order valence-corrected chi connectivity index (χ1v) is 7.66. The average Bonchev–Trinajstić information content (AvgIpc) is 2.94. The molecular weight excluding hydrogens is 240 g/mol. The van der Waals surface area contributed by atoms with Crippen LogP contribution in [0.25, 0.3) is 0 Å². The predicted octanol–water partition coefficient (Wildman–Crippen LogP) is 2.64. The van der Waals surface area contributed by atoms with Crippen LogP contribution < -0.4 is 5.32 Å². The molecule has 2 unspecified atom stereocenters. The lowest BCUT2D eigenvalue weighted by molar-refractivity contribution is 0.0971. The fourth-order valence-electron chi connectivity index (χ4n) is 2.82. The molecule has 0 bridgehead atoms. The van der Waals surface area contributed by atoms with Gasteiger partial charge in [0.1, 0.15) is 5.76 Å². The number of hydrogen-bond donors (Lipinski definition) is 1. The van der Waals surface area contributed by atoms with E-state index in [2.05, 4.69) is 17.2 Å². The first-order chi connectivity index (χ1) is 9.36. The van der Waals surface area contributed by atoms with E-state index < -0.39 is 0 Å². The Hall–Kier alpha value is -0.870. The maximum Gasteiger partial charge on any atom is 0.194 e. The van der Waals surface area contributed by atoms with Crippen LogP contribution in [0.5, 0.6) is 0 Å². The molecule has 3 rings (SSSR count). The highest BCUT2D eigenvalue weighted by Crippen LogP contribution is 2.33. The summed E-state index contributed by atoms with van der Waals surface area (Å²) in [5.74, 6) is 2.32. The molecule has 1 saturated heterocycles. The summed E-state index contributed by atoms with van der Waals surface area (Å²) in [6.07, 6.45) is 9.08. The van der Waals surface area contributed by atoms with Crippen LogP contribution in [0.1, 0.15) is 56.6 Å². The van der Waals surface area contributed by atoms with Crippen molar-refractivity contribution >= 4 is 0 Å². The van der Waals surface area contributed by atoms with Gasteiger partial charge in [-0.3, -0.25) is 0 Å². The minimum Gasteiger partial charge on any atom is -0.445 e. The highest BCUT2D eigenvalue weighted by Gasteiger charge is 2.31. The standard InChI is InChI=1S/C15H24N2O2/c1-2-13-12(7-9-18-13)14-10-17-15(19-14)4-3-8-16-11-5-6-11/h10-13,16H,2-9H2,1H3. The van der Waals surface area contributed by atoms with Gasteiger partial charge in [0.15, 0.2) is 5.89 Å². The van der Waals surface area contributed by atoms with E-state index in [9.17, 15) is 0 Å². The maximum atomic E-state index is 5.90. The molecule has 106 valence electrons. The Morgan fingerprint density at radius 2 is 2.26 bits per heavy atom. The monoisotopic (exact) mass is 264 g/mol. The molecule has 1 N–H and O–H groups in total. The molecule has 1 aromatic rings. The normalized spacial score (nSPS) is 27.0. The van der Waals surface area contributed by atoms with Gasteiger partial charge in [-0.25, -0.2) is 4.98 Å². The van der Waals surface area contributed by atoms with Gasteiger partial charge in [0.25, 0.3) is 0 Å². The van der Waals surface area contributed by atoms with Crippen molar-refractivity contribution in [1.29, 1.82) is 0 Å². The van der Waals surface area contributed by atoms with Gasteiger partial charge in [-0.05, 0) is 38.6 Å². The third-order valence-corrected chi connectivity index (χ3v) is 4.13. The zero-order valence-corrected chi connectivity index (χ0v) is 11.7. The lowest BCUT2D eigenvalue weighted by Gasteiger charge is -2.13. The van der Waals surface area contributed by atoms with Crippen molar-refractivity contribution < 1.29 is 9.15 Å². The van der Waals surface area contributed by atoms with E-state index >= 15 is 0 Å². The van der Waals surface area contributed by atoms with Gasteiger partial charge in [0.2, 0.25) is 0 Å². The molecule has 0 radical (unpaired) electrons. The van der Waals surface area contributed by atoms with Crippen LogP contribution in [0.4, 0.5) is 0 Å². The van der Waals surface area contributed by atoms with Gasteiger partial charge in [0.05, 0.1) is 12.3 Å². The largest absolute Gasteiger partial charge is 0.445 e. The Morgan fingerprint density at radius 3 is 3.05 bits per heavy atom. The van der Waals surface area contributed by atoms with Gasteiger partial charge in [-0.2, -0.15) is 0 Å². The minimum absolute atomic E-state index is 0.317. The van der Waals surface area contributed by atoms with Crippen LogP contribution in [-0.4, -0.2) is 30.3 Å². The molecule has 2 aliphatic rings. The van der Waals surface area contributed by atoms with Crippen molar-refractivity contribution in [3.63, 3.8) is 0 Å². The predicted molar refractivity (Wildman–Crippen MR) is 73.2 cm³/mol. The van der Waals surface area contributed by atoms with E-state index in [0.717, 1.165) is 56.5 Å². The smallest absolute Gasteiger partial charge is 0.194 e. The molecule has 0 spiro atoms. The second kappa shape index (κ2) is 6.06. The summed E-state index contributed by atoms with van der Waals surface area (Å²) in [7, 11) is 0. The van der Waals surface area contributed by atoms with Crippen LogP contribution in [0.3, 0.4) is 0 Å². The fourth-order valence-corrected chi connectivity index (χ4v) is 2.82. The summed E-state index contributed by atoms with van der Waals surface area (Å²) in [5.41, 5.74) is 0. The number of ether oxygens (including phenoxy) is 1. The number of aromatic nitrogens is 1. The molecule has 1 saturated carbocycles. The molecule has 0 amide bonds. The van der Waals surface area contributed by atoms with E-state index in [1.807, 2.05) is 6.20 Å². The summed E-state index contributed by atoms with van der Waals surface area (Å²) in [6, 6.07) is 0.793. The van der Waals surface area contributed by atoms with Crippen LogP contribution in [0, 0.1) is 0 Å². The molecule has 4 heteroatoms. The van der Waals surface area contributed by atoms with Gasteiger partial charge in [-0.15, -0.1) is 0 Å². The highest BCUT2D eigenvalue weighted by molar-refractivity contribution is 5.06. The first kappa shape index (κ1) is 13.1. The molecule has 1 aliphatic heterocycles. The number of oxazole rings is 1. The molecule has 0 aromatic carbocycles. The second-order valence-electron chi connectivity index (χ2n) is 5.70. The number of rotatable bonds is 7. The van der Waals surface area contributed by atoms with Crippen molar-refractivity contribution in [3.8, 4) is 0 Å². The number of nitrogens with one attached hydrogen (secondary N) is 1. The van der Waals surface area contributed by atoms with E-state index in [-0.39, 0.29) is 0 Å². The van der Waals surface area contributed by atoms with Gasteiger partial charge < -0.3 is 14.5 Å². The number of aryl methyl sites for hydroxylation is 1. The topological polar surface area (TPSA) is 47.3 Å². The van der Waals surface area contributed by atoms with Crippen molar-refractivity contribution in [2.45, 2.75) is 63.5 Å². The molecular formula is C15H24N2O2. The van der Waals surface area contributed by atoms with E-state index in [1.54, 1.807) is 0 Å². The third kappa shape index (κ3) is 3.37. The zero-order valence-electron chi connectivity index (χ0n) is 11.7. The zero-order chi connectivity index (χ0) is 13.1. The lowest BCUT2D eigenvalue weighted by Crippen LogP contribution is -2.17. The summed E-state index contributed by atoms with van der Waals surface area (Å²) >= 11 is 0. The molecule has 19 heavy (non-hydrogen) atoms. The highest BCUT2D eigenvalue weighted by atomic mass is 16.5. The van der Waals surface area contributed by atoms with Gasteiger partial charge >= 0.3 is 0 Å². The number of hydrogen-bond acceptors (Lipinski definition) is 4. The first-order valence-electron chi connectivity index (χ1n) is 7.66. The van der Waals surface area contributed by atoms with Crippen molar-refractivity contribution in [2.24, 2.45) is 0 Å². The third-order valence-electron chi connectivity index (χ3n) is 4.13. The van der Waals surface area contributed by atoms with E-state index in [4.69, 9.17) is 9.15 Å². The molecule has 1 aliphatic carbocycles. The molecule has 2 heterocycles. The minimum atomic E-state index is 0.317. The van der Waals surface area contributed by atoms with Crippen molar-refractivity contribution in [3.05, 3.63) is 17.8 Å². The van der Waals surface area contributed by atoms with Crippen LogP contribution >= 0.6 is 0 Å². The SMILES string of the molecule is CCC1OCCC1c1cnc(CCCNC2CC2)o1. The Bertz CT molecular complexity index is 401. The Labute approximate surface area is 114 Å². The summed E-state index contributed by atoms with van der Waals surface area (Å²) in [4.78, 5) is 4.41. The van der Waals surface area contributed by atoms with E-state index in [0.29, 0.717) is 12.0 Å².